The second-order valence-electron chi connectivity index (χ2n) is 5.23. The lowest BCUT2D eigenvalue weighted by Crippen LogP contribution is -2.35. The van der Waals surface area contributed by atoms with Gasteiger partial charge in [0.15, 0.2) is 0 Å². The Kier molecular flexibility index (Phi) is 3.80. The van der Waals surface area contributed by atoms with Gasteiger partial charge in [-0.05, 0) is 36.5 Å². The fraction of sp³-hybridized carbons (Fsp3) is 0.353. The molecule has 0 saturated heterocycles. The van der Waals surface area contributed by atoms with E-state index in [1.54, 1.807) is 6.26 Å². The topological polar surface area (TPSA) is 44.8 Å². The number of carbonyl (C=O) groups excluding carboxylic acids is 1. The van der Waals surface area contributed by atoms with Crippen LogP contribution in [0.2, 0.25) is 0 Å². The van der Waals surface area contributed by atoms with E-state index in [0.717, 1.165) is 29.6 Å². The van der Waals surface area contributed by atoms with Crippen molar-refractivity contribution in [2.75, 3.05) is 7.11 Å². The van der Waals surface area contributed by atoms with Crippen LogP contribution in [0.15, 0.2) is 58.9 Å². The first-order valence-electron chi connectivity index (χ1n) is 7.04. The zero-order chi connectivity index (χ0) is 14.8. The SMILES string of the molecule is COC(=O)C1OC=C2C=CCC/C2=C2\C=CC=C(C)C2O1. The van der Waals surface area contributed by atoms with Gasteiger partial charge in [0, 0.05) is 5.57 Å². The summed E-state index contributed by atoms with van der Waals surface area (Å²) in [5.41, 5.74) is 4.36. The number of esters is 1. The highest BCUT2D eigenvalue weighted by Crippen LogP contribution is 2.35. The van der Waals surface area contributed by atoms with Gasteiger partial charge in [-0.2, -0.15) is 0 Å². The number of rotatable bonds is 1. The van der Waals surface area contributed by atoms with Gasteiger partial charge >= 0.3 is 5.97 Å². The van der Waals surface area contributed by atoms with E-state index in [0.29, 0.717) is 0 Å². The van der Waals surface area contributed by atoms with Crippen molar-refractivity contribution in [3.63, 3.8) is 0 Å². The number of hydrogen-bond donors (Lipinski definition) is 0. The summed E-state index contributed by atoms with van der Waals surface area (Å²) < 4.78 is 16.1. The molecule has 4 nitrogen and oxygen atoms in total. The molecule has 0 bridgehead atoms. The third kappa shape index (κ3) is 2.59. The molecule has 0 aromatic rings. The van der Waals surface area contributed by atoms with Gasteiger partial charge in [0.2, 0.25) is 0 Å². The number of carbonyl (C=O) groups is 1. The first kappa shape index (κ1) is 13.9. The fourth-order valence-corrected chi connectivity index (χ4v) is 2.77. The van der Waals surface area contributed by atoms with Crippen LogP contribution in [0.1, 0.15) is 19.8 Å². The number of methoxy groups -OCH3 is 1. The molecule has 21 heavy (non-hydrogen) atoms. The maximum absolute atomic E-state index is 11.8. The molecule has 0 saturated carbocycles. The summed E-state index contributed by atoms with van der Waals surface area (Å²) in [6, 6.07) is 0. The monoisotopic (exact) mass is 286 g/mol. The predicted molar refractivity (Wildman–Crippen MR) is 78.1 cm³/mol. The van der Waals surface area contributed by atoms with Gasteiger partial charge in [0.1, 0.15) is 6.10 Å². The molecule has 110 valence electrons. The summed E-state index contributed by atoms with van der Waals surface area (Å²) in [5.74, 6) is -0.531. The van der Waals surface area contributed by atoms with E-state index in [1.807, 2.05) is 25.2 Å². The number of ether oxygens (including phenoxy) is 3. The maximum Gasteiger partial charge on any atom is 0.376 e. The normalized spacial score (nSPS) is 31.0. The van der Waals surface area contributed by atoms with Crippen LogP contribution in [-0.4, -0.2) is 25.5 Å². The average molecular weight is 286 g/mol. The quantitative estimate of drug-likeness (QED) is 0.695. The minimum absolute atomic E-state index is 0.274. The third-order valence-corrected chi connectivity index (χ3v) is 3.86. The molecule has 4 heteroatoms. The van der Waals surface area contributed by atoms with Crippen LogP contribution >= 0.6 is 0 Å². The summed E-state index contributed by atoms with van der Waals surface area (Å²) in [6.07, 6.45) is 12.4. The first-order chi connectivity index (χ1) is 10.2. The minimum Gasteiger partial charge on any atom is -0.464 e. The number of allylic oxidation sites excluding steroid dienone is 6. The molecule has 2 unspecified atom stereocenters. The van der Waals surface area contributed by atoms with Gasteiger partial charge in [-0.25, -0.2) is 4.79 Å². The molecule has 0 amide bonds. The van der Waals surface area contributed by atoms with Crippen LogP contribution in [0, 0.1) is 0 Å². The molecule has 0 fully saturated rings. The second-order valence-corrected chi connectivity index (χ2v) is 5.23. The molecule has 0 aromatic carbocycles. The number of hydrogen-bond acceptors (Lipinski definition) is 4. The van der Waals surface area contributed by atoms with E-state index in [2.05, 4.69) is 12.2 Å². The summed E-state index contributed by atoms with van der Waals surface area (Å²) in [7, 11) is 1.33. The van der Waals surface area contributed by atoms with Crippen molar-refractivity contribution >= 4 is 5.97 Å². The van der Waals surface area contributed by atoms with E-state index >= 15 is 0 Å². The van der Waals surface area contributed by atoms with Crippen molar-refractivity contribution in [1.29, 1.82) is 0 Å². The van der Waals surface area contributed by atoms with Crippen molar-refractivity contribution in [1.82, 2.24) is 0 Å². The van der Waals surface area contributed by atoms with E-state index in [-0.39, 0.29) is 6.10 Å². The van der Waals surface area contributed by atoms with Gasteiger partial charge < -0.3 is 14.2 Å². The largest absolute Gasteiger partial charge is 0.464 e. The molecule has 0 N–H and O–H groups in total. The third-order valence-electron chi connectivity index (χ3n) is 3.86. The first-order valence-corrected chi connectivity index (χ1v) is 7.04. The molecule has 0 aromatic heterocycles. The van der Waals surface area contributed by atoms with Crippen molar-refractivity contribution in [2.45, 2.75) is 32.2 Å². The van der Waals surface area contributed by atoms with Crippen LogP contribution in [0.4, 0.5) is 0 Å². The van der Waals surface area contributed by atoms with E-state index in [4.69, 9.17) is 14.2 Å². The van der Waals surface area contributed by atoms with Gasteiger partial charge in [-0.3, -0.25) is 0 Å². The summed E-state index contributed by atoms with van der Waals surface area (Å²) in [5, 5.41) is 0. The number of fused-ring (bicyclic) bond motifs is 2. The van der Waals surface area contributed by atoms with Crippen LogP contribution in [0.3, 0.4) is 0 Å². The molecule has 2 aliphatic carbocycles. The van der Waals surface area contributed by atoms with Crippen LogP contribution in [0.5, 0.6) is 0 Å². The molecule has 0 radical (unpaired) electrons. The lowest BCUT2D eigenvalue weighted by Gasteiger charge is -2.31. The molecular formula is C17H18O4. The molecular weight excluding hydrogens is 268 g/mol. The molecule has 0 spiro atoms. The molecule has 3 rings (SSSR count). The molecule has 1 heterocycles. The Morgan fingerprint density at radius 1 is 1.38 bits per heavy atom. The molecule has 3 aliphatic rings. The Hall–Kier alpha value is -2.07. The lowest BCUT2D eigenvalue weighted by molar-refractivity contribution is -0.185. The summed E-state index contributed by atoms with van der Waals surface area (Å²) >= 11 is 0. The van der Waals surface area contributed by atoms with E-state index < -0.39 is 12.3 Å². The van der Waals surface area contributed by atoms with Crippen LogP contribution in [-0.2, 0) is 19.0 Å². The van der Waals surface area contributed by atoms with Crippen molar-refractivity contribution in [3.8, 4) is 0 Å². The van der Waals surface area contributed by atoms with Gasteiger partial charge in [0.25, 0.3) is 6.29 Å². The van der Waals surface area contributed by atoms with Crippen molar-refractivity contribution in [2.24, 2.45) is 0 Å². The lowest BCUT2D eigenvalue weighted by atomic mass is 9.85. The highest BCUT2D eigenvalue weighted by atomic mass is 16.7. The maximum atomic E-state index is 11.8. The zero-order valence-corrected chi connectivity index (χ0v) is 12.2. The van der Waals surface area contributed by atoms with E-state index in [1.165, 1.54) is 12.7 Å². The molecule has 2 atom stereocenters. The smallest absolute Gasteiger partial charge is 0.376 e. The van der Waals surface area contributed by atoms with Gasteiger partial charge in [-0.1, -0.05) is 30.4 Å². The van der Waals surface area contributed by atoms with Gasteiger partial charge in [-0.15, -0.1) is 0 Å². The zero-order valence-electron chi connectivity index (χ0n) is 12.2. The van der Waals surface area contributed by atoms with Crippen LogP contribution < -0.4 is 0 Å². The Morgan fingerprint density at radius 2 is 2.24 bits per heavy atom. The summed E-state index contributed by atoms with van der Waals surface area (Å²) in [6.45, 7) is 1.99. The Bertz CT molecular complexity index is 604. The molecule has 1 aliphatic heterocycles. The van der Waals surface area contributed by atoms with Crippen LogP contribution in [0.25, 0.3) is 0 Å². The van der Waals surface area contributed by atoms with Crippen molar-refractivity contribution in [3.05, 3.63) is 58.9 Å². The highest BCUT2D eigenvalue weighted by Gasteiger charge is 2.32. The minimum atomic E-state index is -1.05. The Labute approximate surface area is 124 Å². The summed E-state index contributed by atoms with van der Waals surface area (Å²) in [4.78, 5) is 11.8. The van der Waals surface area contributed by atoms with Gasteiger partial charge in [0.05, 0.1) is 13.4 Å². The Balaban J connectivity index is 2.06. The predicted octanol–water partition coefficient (Wildman–Crippen LogP) is 2.95. The average Bonchev–Trinajstić information content (AvgIpc) is 2.50. The van der Waals surface area contributed by atoms with E-state index in [9.17, 15) is 4.79 Å². The standard InChI is InChI=1S/C17H18O4/c1-11-6-5-9-14-13-8-4-3-7-12(13)10-20-17(16(18)19-2)21-15(11)14/h3,5-7,9-10,15,17H,4,8H2,1-2H3/b12-10?,14-13-. The highest BCUT2D eigenvalue weighted by molar-refractivity contribution is 5.73. The second kappa shape index (κ2) is 5.74. The Morgan fingerprint density at radius 3 is 3.05 bits per heavy atom. The fourth-order valence-electron chi connectivity index (χ4n) is 2.77. The van der Waals surface area contributed by atoms with Crippen molar-refractivity contribution < 1.29 is 19.0 Å².